The standard InChI is InChI=1S/C19H17N5OS/c1-3-13-4-5-20-8-16(13)14-6-15(19-23-21-11-24(19)9-14)17(25)7-18-22-12(2)10-26-18/h4-6,8-11H,3,7H2,1-2H3. The molecule has 0 radical (unpaired) electrons. The number of rotatable bonds is 5. The number of carbonyl (C=O) groups excluding carboxylic acids is 1. The predicted octanol–water partition coefficient (Wildman–Crippen LogP) is 3.54. The topological polar surface area (TPSA) is 73.0 Å². The molecule has 4 aromatic heterocycles. The molecule has 0 fully saturated rings. The lowest BCUT2D eigenvalue weighted by molar-refractivity contribution is 0.0994. The molecule has 0 spiro atoms. The number of aromatic nitrogens is 5. The molecule has 0 aromatic carbocycles. The number of pyridine rings is 2. The van der Waals surface area contributed by atoms with Crippen LogP contribution in [0.1, 0.15) is 33.5 Å². The van der Waals surface area contributed by atoms with Gasteiger partial charge in [-0.1, -0.05) is 6.92 Å². The molecule has 0 aliphatic rings. The van der Waals surface area contributed by atoms with Crippen molar-refractivity contribution in [3.8, 4) is 11.1 Å². The molecule has 0 amide bonds. The number of nitrogens with zero attached hydrogens (tertiary/aromatic N) is 5. The molecule has 4 aromatic rings. The number of thiazole rings is 1. The summed E-state index contributed by atoms with van der Waals surface area (Å²) in [6.07, 6.45) is 8.33. The molecule has 0 bridgehead atoms. The van der Waals surface area contributed by atoms with Crippen molar-refractivity contribution < 1.29 is 4.79 Å². The maximum atomic E-state index is 12.9. The average Bonchev–Trinajstić information content (AvgIpc) is 3.29. The summed E-state index contributed by atoms with van der Waals surface area (Å²) in [5.74, 6) is -0.0128. The lowest BCUT2D eigenvalue weighted by atomic mass is 9.99. The van der Waals surface area contributed by atoms with Crippen LogP contribution in [0, 0.1) is 6.92 Å². The highest BCUT2D eigenvalue weighted by atomic mass is 32.1. The SMILES string of the molecule is CCc1ccncc1-c1cc(C(=O)Cc2nc(C)cs2)c2nncn2c1. The van der Waals surface area contributed by atoms with Gasteiger partial charge in [0.2, 0.25) is 0 Å². The van der Waals surface area contributed by atoms with Crippen LogP contribution in [-0.4, -0.2) is 30.3 Å². The largest absolute Gasteiger partial charge is 0.294 e. The third-order valence-corrected chi connectivity index (χ3v) is 5.24. The second-order valence-corrected chi connectivity index (χ2v) is 7.02. The molecule has 0 unspecified atom stereocenters. The Labute approximate surface area is 154 Å². The highest BCUT2D eigenvalue weighted by molar-refractivity contribution is 7.09. The fourth-order valence-electron chi connectivity index (χ4n) is 3.00. The smallest absolute Gasteiger partial charge is 0.173 e. The van der Waals surface area contributed by atoms with E-state index in [4.69, 9.17) is 0 Å². The lowest BCUT2D eigenvalue weighted by Crippen LogP contribution is -2.07. The van der Waals surface area contributed by atoms with E-state index >= 15 is 0 Å². The number of aryl methyl sites for hydroxylation is 2. The highest BCUT2D eigenvalue weighted by Gasteiger charge is 2.17. The Kier molecular flexibility index (Phi) is 4.30. The van der Waals surface area contributed by atoms with Crippen molar-refractivity contribution in [2.75, 3.05) is 0 Å². The summed E-state index contributed by atoms with van der Waals surface area (Å²) in [4.78, 5) is 21.6. The Morgan fingerprint density at radius 2 is 2.23 bits per heavy atom. The molecule has 4 heterocycles. The number of Topliss-reactive ketones (excluding diaryl/α,β-unsaturated/α-hetero) is 1. The van der Waals surface area contributed by atoms with Gasteiger partial charge in [0.25, 0.3) is 0 Å². The molecule has 0 atom stereocenters. The molecule has 4 rings (SSSR count). The van der Waals surface area contributed by atoms with Crippen LogP contribution in [-0.2, 0) is 12.8 Å². The van der Waals surface area contributed by atoms with Gasteiger partial charge < -0.3 is 0 Å². The summed E-state index contributed by atoms with van der Waals surface area (Å²) in [7, 11) is 0. The zero-order valence-electron chi connectivity index (χ0n) is 14.5. The number of hydrogen-bond acceptors (Lipinski definition) is 6. The second kappa shape index (κ2) is 6.76. The van der Waals surface area contributed by atoms with E-state index in [2.05, 4.69) is 27.1 Å². The first-order valence-corrected chi connectivity index (χ1v) is 9.24. The molecule has 0 saturated heterocycles. The number of carbonyl (C=O) groups is 1. The first-order chi connectivity index (χ1) is 12.7. The van der Waals surface area contributed by atoms with Crippen molar-refractivity contribution in [1.82, 2.24) is 24.6 Å². The third kappa shape index (κ3) is 3.01. The summed E-state index contributed by atoms with van der Waals surface area (Å²) >= 11 is 1.50. The quantitative estimate of drug-likeness (QED) is 0.507. The van der Waals surface area contributed by atoms with Crippen molar-refractivity contribution >= 4 is 22.8 Å². The first-order valence-electron chi connectivity index (χ1n) is 8.36. The summed E-state index contributed by atoms with van der Waals surface area (Å²) in [5, 5.41) is 10.9. The van der Waals surface area contributed by atoms with E-state index in [-0.39, 0.29) is 12.2 Å². The van der Waals surface area contributed by atoms with Gasteiger partial charge in [0.05, 0.1) is 12.0 Å². The fraction of sp³-hybridized carbons (Fsp3) is 0.211. The highest BCUT2D eigenvalue weighted by Crippen LogP contribution is 2.26. The van der Waals surface area contributed by atoms with Gasteiger partial charge in [-0.25, -0.2) is 4.98 Å². The minimum atomic E-state index is -0.0128. The Bertz CT molecular complexity index is 1100. The predicted molar refractivity (Wildman–Crippen MR) is 100 cm³/mol. The van der Waals surface area contributed by atoms with E-state index in [0.29, 0.717) is 11.2 Å². The van der Waals surface area contributed by atoms with E-state index in [9.17, 15) is 4.79 Å². The van der Waals surface area contributed by atoms with Gasteiger partial charge in [-0.05, 0) is 31.0 Å². The molecular weight excluding hydrogens is 346 g/mol. The molecule has 0 saturated carbocycles. The maximum absolute atomic E-state index is 12.9. The van der Waals surface area contributed by atoms with E-state index in [1.807, 2.05) is 36.8 Å². The number of ketones is 1. The Hall–Kier alpha value is -2.93. The van der Waals surface area contributed by atoms with Crippen molar-refractivity contribution in [2.24, 2.45) is 0 Å². The summed E-state index contributed by atoms with van der Waals surface area (Å²) in [5.41, 5.74) is 5.18. The first kappa shape index (κ1) is 16.5. The van der Waals surface area contributed by atoms with E-state index in [0.717, 1.165) is 28.2 Å². The molecule has 7 heteroatoms. The Balaban J connectivity index is 1.81. The van der Waals surface area contributed by atoms with Crippen LogP contribution in [0.25, 0.3) is 16.8 Å². The van der Waals surface area contributed by atoms with Gasteiger partial charge in [0, 0.05) is 40.8 Å². The summed E-state index contributed by atoms with van der Waals surface area (Å²) in [6.45, 7) is 4.03. The van der Waals surface area contributed by atoms with Crippen molar-refractivity contribution in [3.05, 3.63) is 64.3 Å². The monoisotopic (exact) mass is 363 g/mol. The minimum absolute atomic E-state index is 0.0128. The molecule has 0 N–H and O–H groups in total. The van der Waals surface area contributed by atoms with E-state index < -0.39 is 0 Å². The lowest BCUT2D eigenvalue weighted by Gasteiger charge is -2.10. The average molecular weight is 363 g/mol. The normalized spacial score (nSPS) is 11.2. The maximum Gasteiger partial charge on any atom is 0.173 e. The Morgan fingerprint density at radius 1 is 1.35 bits per heavy atom. The van der Waals surface area contributed by atoms with Crippen molar-refractivity contribution in [1.29, 1.82) is 0 Å². The van der Waals surface area contributed by atoms with Crippen LogP contribution >= 0.6 is 11.3 Å². The van der Waals surface area contributed by atoms with Gasteiger partial charge in [-0.2, -0.15) is 0 Å². The van der Waals surface area contributed by atoms with E-state index in [1.165, 1.54) is 16.9 Å². The zero-order valence-corrected chi connectivity index (χ0v) is 15.3. The van der Waals surface area contributed by atoms with Gasteiger partial charge in [-0.3, -0.25) is 14.2 Å². The molecule has 6 nitrogen and oxygen atoms in total. The van der Waals surface area contributed by atoms with Crippen LogP contribution in [0.5, 0.6) is 0 Å². The van der Waals surface area contributed by atoms with Crippen LogP contribution in [0.3, 0.4) is 0 Å². The van der Waals surface area contributed by atoms with Gasteiger partial charge >= 0.3 is 0 Å². The molecule has 0 aliphatic carbocycles. The van der Waals surface area contributed by atoms with E-state index in [1.54, 1.807) is 16.9 Å². The number of fused-ring (bicyclic) bond motifs is 1. The van der Waals surface area contributed by atoms with Crippen LogP contribution in [0.2, 0.25) is 0 Å². The zero-order chi connectivity index (χ0) is 18.1. The Morgan fingerprint density at radius 3 is 3.00 bits per heavy atom. The summed E-state index contributed by atoms with van der Waals surface area (Å²) < 4.78 is 1.79. The van der Waals surface area contributed by atoms with Gasteiger partial charge in [0.15, 0.2) is 11.4 Å². The van der Waals surface area contributed by atoms with Crippen molar-refractivity contribution in [2.45, 2.75) is 26.7 Å². The van der Waals surface area contributed by atoms with Crippen molar-refractivity contribution in [3.63, 3.8) is 0 Å². The molecule has 130 valence electrons. The van der Waals surface area contributed by atoms with Crippen LogP contribution in [0.4, 0.5) is 0 Å². The number of hydrogen-bond donors (Lipinski definition) is 0. The second-order valence-electron chi connectivity index (χ2n) is 6.07. The van der Waals surface area contributed by atoms with Crippen LogP contribution in [0.15, 0.2) is 42.4 Å². The molecule has 26 heavy (non-hydrogen) atoms. The molecule has 0 aliphatic heterocycles. The summed E-state index contributed by atoms with van der Waals surface area (Å²) in [6, 6.07) is 3.90. The fourth-order valence-corrected chi connectivity index (χ4v) is 3.77. The third-order valence-electron chi connectivity index (χ3n) is 4.27. The minimum Gasteiger partial charge on any atom is -0.294 e. The molecular formula is C19H17N5OS. The van der Waals surface area contributed by atoms with Gasteiger partial charge in [0.1, 0.15) is 11.3 Å². The van der Waals surface area contributed by atoms with Crippen LogP contribution < -0.4 is 0 Å². The van der Waals surface area contributed by atoms with Gasteiger partial charge in [-0.15, -0.1) is 21.5 Å².